The van der Waals surface area contributed by atoms with E-state index in [0.717, 1.165) is 16.7 Å². The van der Waals surface area contributed by atoms with Crippen LogP contribution in [0.2, 0.25) is 0 Å². The van der Waals surface area contributed by atoms with E-state index in [1.165, 1.54) is 13.3 Å². The second-order valence-corrected chi connectivity index (χ2v) is 6.06. The predicted molar refractivity (Wildman–Crippen MR) is 111 cm³/mol. The lowest BCUT2D eigenvalue weighted by atomic mass is 10.1. The number of nitrogens with zero attached hydrogens (tertiary/aromatic N) is 1. The molecule has 3 aromatic carbocycles. The number of carbonyl (C=O) groups is 2. The smallest absolute Gasteiger partial charge is 0.337 e. The van der Waals surface area contributed by atoms with Crippen molar-refractivity contribution in [3.05, 3.63) is 90.0 Å². The number of amides is 1. The van der Waals surface area contributed by atoms with E-state index in [1.807, 2.05) is 54.6 Å². The molecule has 0 aromatic heterocycles. The minimum Gasteiger partial charge on any atom is -0.483 e. The van der Waals surface area contributed by atoms with Crippen molar-refractivity contribution in [2.24, 2.45) is 5.10 Å². The first-order valence-electron chi connectivity index (χ1n) is 8.95. The molecule has 1 amide bonds. The average molecular weight is 388 g/mol. The molecule has 0 aliphatic carbocycles. The van der Waals surface area contributed by atoms with Crippen molar-refractivity contribution >= 4 is 18.1 Å². The van der Waals surface area contributed by atoms with E-state index in [9.17, 15) is 9.59 Å². The molecule has 0 spiro atoms. The Labute approximate surface area is 168 Å². The summed E-state index contributed by atoms with van der Waals surface area (Å²) in [7, 11) is 1.33. The Bertz CT molecular complexity index is 999. The molecule has 0 aliphatic heterocycles. The normalized spacial score (nSPS) is 10.5. The van der Waals surface area contributed by atoms with Gasteiger partial charge in [0.05, 0.1) is 18.9 Å². The molecule has 0 unspecified atom stereocenters. The van der Waals surface area contributed by atoms with E-state index in [2.05, 4.69) is 15.3 Å². The fourth-order valence-corrected chi connectivity index (χ4v) is 2.63. The number of para-hydroxylation sites is 1. The van der Waals surface area contributed by atoms with Crippen molar-refractivity contribution in [1.82, 2.24) is 5.43 Å². The third-order valence-corrected chi connectivity index (χ3v) is 4.07. The molecular weight excluding hydrogens is 368 g/mol. The maximum Gasteiger partial charge on any atom is 0.337 e. The highest BCUT2D eigenvalue weighted by Crippen LogP contribution is 2.29. The summed E-state index contributed by atoms with van der Waals surface area (Å²) in [5, 5.41) is 3.91. The molecule has 0 saturated heterocycles. The lowest BCUT2D eigenvalue weighted by Crippen LogP contribution is -2.24. The van der Waals surface area contributed by atoms with Gasteiger partial charge in [-0.05, 0) is 29.3 Å². The first-order chi connectivity index (χ1) is 14.2. The molecule has 0 bridgehead atoms. The van der Waals surface area contributed by atoms with Crippen LogP contribution < -0.4 is 10.2 Å². The number of methoxy groups -OCH3 is 1. The summed E-state index contributed by atoms with van der Waals surface area (Å²) < 4.78 is 10.3. The van der Waals surface area contributed by atoms with Gasteiger partial charge in [0.25, 0.3) is 5.91 Å². The van der Waals surface area contributed by atoms with Gasteiger partial charge in [0.15, 0.2) is 6.61 Å². The highest BCUT2D eigenvalue weighted by Gasteiger charge is 2.08. The zero-order valence-corrected chi connectivity index (χ0v) is 15.9. The van der Waals surface area contributed by atoms with Crippen LogP contribution in [0.5, 0.6) is 5.75 Å². The monoisotopic (exact) mass is 388 g/mol. The summed E-state index contributed by atoms with van der Waals surface area (Å²) in [5.74, 6) is -0.166. The maximum atomic E-state index is 12.0. The number of hydrazone groups is 1. The number of rotatable bonds is 7. The van der Waals surface area contributed by atoms with Gasteiger partial charge in [0, 0.05) is 5.56 Å². The second-order valence-electron chi connectivity index (χ2n) is 6.06. The van der Waals surface area contributed by atoms with Gasteiger partial charge in [-0.15, -0.1) is 0 Å². The van der Waals surface area contributed by atoms with E-state index in [0.29, 0.717) is 11.3 Å². The Morgan fingerprint density at radius 1 is 0.931 bits per heavy atom. The molecule has 0 heterocycles. The van der Waals surface area contributed by atoms with Crippen LogP contribution in [-0.4, -0.2) is 31.8 Å². The second kappa shape index (κ2) is 9.85. The van der Waals surface area contributed by atoms with Gasteiger partial charge in [-0.25, -0.2) is 10.2 Å². The number of benzene rings is 3. The minimum absolute atomic E-state index is 0.164. The summed E-state index contributed by atoms with van der Waals surface area (Å²) in [6, 6.07) is 24.0. The van der Waals surface area contributed by atoms with Gasteiger partial charge >= 0.3 is 5.97 Å². The van der Waals surface area contributed by atoms with E-state index in [4.69, 9.17) is 4.74 Å². The SMILES string of the molecule is COC(=O)c1ccc(C=NNC(=O)COc2ccccc2-c2ccccc2)cc1. The Morgan fingerprint density at radius 3 is 2.34 bits per heavy atom. The topological polar surface area (TPSA) is 77.0 Å². The molecule has 0 atom stereocenters. The van der Waals surface area contributed by atoms with E-state index in [-0.39, 0.29) is 12.5 Å². The van der Waals surface area contributed by atoms with Crippen LogP contribution in [-0.2, 0) is 9.53 Å². The molecule has 3 rings (SSSR count). The highest BCUT2D eigenvalue weighted by molar-refractivity contribution is 5.90. The van der Waals surface area contributed by atoms with E-state index >= 15 is 0 Å². The lowest BCUT2D eigenvalue weighted by Gasteiger charge is -2.10. The Morgan fingerprint density at radius 2 is 1.62 bits per heavy atom. The number of esters is 1. The molecule has 6 nitrogen and oxygen atoms in total. The number of hydrogen-bond donors (Lipinski definition) is 1. The van der Waals surface area contributed by atoms with E-state index in [1.54, 1.807) is 24.3 Å². The molecule has 0 aliphatic rings. The average Bonchev–Trinajstić information content (AvgIpc) is 2.78. The molecule has 0 radical (unpaired) electrons. The largest absolute Gasteiger partial charge is 0.483 e. The zero-order chi connectivity index (χ0) is 20.5. The summed E-state index contributed by atoms with van der Waals surface area (Å²) >= 11 is 0. The van der Waals surface area contributed by atoms with Crippen molar-refractivity contribution in [1.29, 1.82) is 0 Å². The molecular formula is C23H20N2O4. The van der Waals surface area contributed by atoms with Crippen molar-refractivity contribution < 1.29 is 19.1 Å². The van der Waals surface area contributed by atoms with Crippen LogP contribution in [0.1, 0.15) is 15.9 Å². The van der Waals surface area contributed by atoms with Crippen LogP contribution in [0.3, 0.4) is 0 Å². The van der Waals surface area contributed by atoms with Crippen molar-refractivity contribution in [3.63, 3.8) is 0 Å². The summed E-state index contributed by atoms with van der Waals surface area (Å²) in [6.07, 6.45) is 1.48. The Balaban J connectivity index is 1.54. The molecule has 6 heteroatoms. The first-order valence-corrected chi connectivity index (χ1v) is 8.95. The van der Waals surface area contributed by atoms with Crippen molar-refractivity contribution in [3.8, 4) is 16.9 Å². The maximum absolute atomic E-state index is 12.0. The number of hydrogen-bond acceptors (Lipinski definition) is 5. The molecule has 0 fully saturated rings. The quantitative estimate of drug-likeness (QED) is 0.381. The van der Waals surface area contributed by atoms with Crippen molar-refractivity contribution in [2.45, 2.75) is 0 Å². The van der Waals surface area contributed by atoms with Gasteiger partial charge in [0.2, 0.25) is 0 Å². The number of carbonyl (C=O) groups excluding carboxylic acids is 2. The highest BCUT2D eigenvalue weighted by atomic mass is 16.5. The fraction of sp³-hybridized carbons (Fsp3) is 0.0870. The summed E-state index contributed by atoms with van der Waals surface area (Å²) in [4.78, 5) is 23.4. The van der Waals surface area contributed by atoms with Crippen molar-refractivity contribution in [2.75, 3.05) is 13.7 Å². The van der Waals surface area contributed by atoms with Crippen LogP contribution in [0.25, 0.3) is 11.1 Å². The fourth-order valence-electron chi connectivity index (χ4n) is 2.63. The Hall–Kier alpha value is -3.93. The van der Waals surface area contributed by atoms with Crippen LogP contribution >= 0.6 is 0 Å². The minimum atomic E-state index is -0.408. The van der Waals surface area contributed by atoms with Gasteiger partial charge in [0.1, 0.15) is 5.75 Å². The van der Waals surface area contributed by atoms with E-state index < -0.39 is 5.97 Å². The summed E-state index contributed by atoms with van der Waals surface area (Å²) in [5.41, 5.74) is 5.52. The van der Waals surface area contributed by atoms with Gasteiger partial charge in [-0.3, -0.25) is 4.79 Å². The zero-order valence-electron chi connectivity index (χ0n) is 15.9. The molecule has 146 valence electrons. The third-order valence-electron chi connectivity index (χ3n) is 4.07. The van der Waals surface area contributed by atoms with Crippen LogP contribution in [0.4, 0.5) is 0 Å². The summed E-state index contributed by atoms with van der Waals surface area (Å²) in [6.45, 7) is -0.164. The first kappa shape index (κ1) is 19.8. The molecule has 3 aromatic rings. The Kier molecular flexibility index (Phi) is 6.73. The number of nitrogens with one attached hydrogen (secondary N) is 1. The molecule has 1 N–H and O–H groups in total. The third kappa shape index (κ3) is 5.52. The molecule has 29 heavy (non-hydrogen) atoms. The lowest BCUT2D eigenvalue weighted by molar-refractivity contribution is -0.123. The molecule has 0 saturated carbocycles. The van der Waals surface area contributed by atoms with Crippen LogP contribution in [0.15, 0.2) is 84.0 Å². The van der Waals surface area contributed by atoms with Gasteiger partial charge < -0.3 is 9.47 Å². The van der Waals surface area contributed by atoms with Gasteiger partial charge in [-0.1, -0.05) is 60.7 Å². The predicted octanol–water partition coefficient (Wildman–Crippen LogP) is 3.67. The standard InChI is InChI=1S/C23H20N2O4/c1-28-23(27)19-13-11-17(12-14-19)15-24-25-22(26)16-29-21-10-6-5-9-20(21)18-7-3-2-4-8-18/h2-15H,16H2,1H3,(H,25,26). The van der Waals surface area contributed by atoms with Crippen LogP contribution in [0, 0.1) is 0 Å². The van der Waals surface area contributed by atoms with Gasteiger partial charge in [-0.2, -0.15) is 5.10 Å². The number of ether oxygens (including phenoxy) is 2.